The minimum atomic E-state index is -0.714. The molecule has 0 aromatic carbocycles. The molecule has 2 aliphatic rings. The summed E-state index contributed by atoms with van der Waals surface area (Å²) in [4.78, 5) is 67.3. The van der Waals surface area contributed by atoms with Crippen LogP contribution in [-0.4, -0.2) is 146 Å². The van der Waals surface area contributed by atoms with E-state index in [1.807, 2.05) is 22.7 Å². The highest BCUT2D eigenvalue weighted by Gasteiger charge is 2.53. The van der Waals surface area contributed by atoms with Crippen molar-refractivity contribution in [1.29, 1.82) is 0 Å². The van der Waals surface area contributed by atoms with E-state index in [9.17, 15) is 19.2 Å². The van der Waals surface area contributed by atoms with E-state index in [1.54, 1.807) is 119 Å². The number of halogens is 2. The lowest BCUT2D eigenvalue weighted by atomic mass is 9.88. The van der Waals surface area contributed by atoms with Crippen molar-refractivity contribution in [3.8, 4) is 39.0 Å². The minimum Gasteiger partial charge on any atom is -0.481 e. The third kappa shape index (κ3) is 34.0. The van der Waals surface area contributed by atoms with Crippen LogP contribution in [0.5, 0.6) is 0 Å². The first-order valence-electron chi connectivity index (χ1n) is 40.4. The van der Waals surface area contributed by atoms with Gasteiger partial charge in [-0.3, -0.25) is 19.2 Å². The molecule has 2 saturated heterocycles. The van der Waals surface area contributed by atoms with Gasteiger partial charge >= 0.3 is 20.2 Å². The molecule has 8 aromatic rings. The molecule has 2 aliphatic heterocycles. The maximum Gasteiger partial charge on any atom is 0.505 e. The number of carbonyl (C=O) groups excluding carboxylic acids is 3. The number of hydrogen-bond acceptors (Lipinski definition) is 20. The Balaban J connectivity index is 0.000000242. The first kappa shape index (κ1) is 100. The van der Waals surface area contributed by atoms with Crippen LogP contribution in [0.25, 0.3) is 39.0 Å². The van der Waals surface area contributed by atoms with Crippen LogP contribution in [0, 0.1) is 5.77 Å². The van der Waals surface area contributed by atoms with Crippen molar-refractivity contribution in [1.82, 2.24) is 14.7 Å². The fraction of sp³-hybridized carbons (Fsp3) is 0.467. The van der Waals surface area contributed by atoms with Crippen LogP contribution in [0.1, 0.15) is 178 Å². The molecule has 0 saturated carbocycles. The van der Waals surface area contributed by atoms with Crippen LogP contribution < -0.4 is 9.55 Å². The summed E-state index contributed by atoms with van der Waals surface area (Å²) in [6, 6.07) is 34.5. The van der Waals surface area contributed by atoms with E-state index in [1.165, 1.54) is 64.3 Å². The van der Waals surface area contributed by atoms with Crippen LogP contribution in [0.15, 0.2) is 173 Å². The zero-order valence-corrected chi connectivity index (χ0v) is 80.9. The molecular formula is C90H119B2I2N3O13S8. The average Bonchev–Trinajstić information content (AvgIpc) is 1.62. The third-order valence-corrected chi connectivity index (χ3v) is 30.9. The van der Waals surface area contributed by atoms with Gasteiger partial charge in [-0.25, -0.2) is 0 Å². The molecule has 118 heavy (non-hydrogen) atoms. The van der Waals surface area contributed by atoms with E-state index in [2.05, 4.69) is 237 Å². The maximum absolute atomic E-state index is 12.4. The Labute approximate surface area is 762 Å². The van der Waals surface area contributed by atoms with Crippen molar-refractivity contribution in [3.05, 3.63) is 198 Å². The number of carbonyl (C=O) groups is 4. The van der Waals surface area contributed by atoms with Gasteiger partial charge in [-0.2, -0.15) is 0 Å². The lowest BCUT2D eigenvalue weighted by molar-refractivity contribution is -0.137. The summed E-state index contributed by atoms with van der Waals surface area (Å²) >= 11 is 18.8. The van der Waals surface area contributed by atoms with Gasteiger partial charge in [0.1, 0.15) is 0 Å². The normalized spacial score (nSPS) is 14.1. The Morgan fingerprint density at radius 3 is 0.839 bits per heavy atom. The Hall–Kier alpha value is -4.81. The van der Waals surface area contributed by atoms with E-state index >= 15 is 0 Å². The van der Waals surface area contributed by atoms with Crippen molar-refractivity contribution < 1.29 is 61.8 Å². The van der Waals surface area contributed by atoms with E-state index in [0.29, 0.717) is 105 Å². The summed E-state index contributed by atoms with van der Waals surface area (Å²) in [6.45, 7) is 47.8. The molecule has 0 radical (unpaired) electrons. The van der Waals surface area contributed by atoms with Crippen LogP contribution in [0.3, 0.4) is 0 Å². The molecule has 0 unspecified atom stereocenters. The van der Waals surface area contributed by atoms with Gasteiger partial charge in [0.15, 0.2) is 0 Å². The monoisotopic (exact) mass is 1980 g/mol. The average molecular weight is 1980 g/mol. The molecule has 16 nitrogen and oxygen atoms in total. The lowest BCUT2D eigenvalue weighted by Gasteiger charge is -2.32. The van der Waals surface area contributed by atoms with Gasteiger partial charge in [0.25, 0.3) is 0 Å². The molecule has 8 aromatic heterocycles. The third-order valence-electron chi connectivity index (χ3n) is 19.8. The minimum absolute atomic E-state index is 0.156. The van der Waals surface area contributed by atoms with Crippen molar-refractivity contribution in [2.75, 3.05) is 65.7 Å². The molecule has 640 valence electrons. The Morgan fingerprint density at radius 1 is 0.339 bits per heavy atom. The number of unbranched alkanes of at least 4 members (excludes halogenated alkanes) is 8. The number of carboxylic acids is 1. The molecule has 0 spiro atoms. The number of amides is 3. The summed E-state index contributed by atoms with van der Waals surface area (Å²) in [7, 11) is -0.627. The second kappa shape index (κ2) is 52.7. The van der Waals surface area contributed by atoms with Gasteiger partial charge in [0, 0.05) is 159 Å². The van der Waals surface area contributed by atoms with Crippen LogP contribution in [-0.2, 0) is 83.2 Å². The fourth-order valence-corrected chi connectivity index (χ4v) is 21.5. The number of thiophene rings is 8. The Kier molecular flexibility index (Phi) is 44.8. The van der Waals surface area contributed by atoms with E-state index in [-0.39, 0.29) is 60.8 Å². The summed E-state index contributed by atoms with van der Waals surface area (Å²) in [5.74, 6) is -0.226. The van der Waals surface area contributed by atoms with Crippen molar-refractivity contribution in [3.63, 3.8) is 0 Å². The smallest absolute Gasteiger partial charge is 0.481 e. The van der Waals surface area contributed by atoms with Gasteiger partial charge in [-0.15, -0.1) is 130 Å². The Morgan fingerprint density at radius 2 is 0.576 bits per heavy atom. The molecule has 1 N–H and O–H groups in total. The number of nitrogens with zero attached hydrogens (tertiary/aromatic N) is 3. The number of carboxylic acid groups (broad SMARTS) is 1. The zero-order chi connectivity index (χ0) is 85.5. The second-order valence-corrected chi connectivity index (χ2v) is 43.2. The van der Waals surface area contributed by atoms with Crippen LogP contribution in [0.4, 0.5) is 0 Å². The van der Waals surface area contributed by atoms with Crippen molar-refractivity contribution >= 4 is 183 Å². The maximum atomic E-state index is 12.4. The summed E-state index contributed by atoms with van der Waals surface area (Å²) in [5, 5.41) is 8.44. The predicted octanol–water partition coefficient (Wildman–Crippen LogP) is 23.7. The van der Waals surface area contributed by atoms with Crippen LogP contribution >= 0.6 is 136 Å². The van der Waals surface area contributed by atoms with Gasteiger partial charge in [-0.1, -0.05) is 74.3 Å². The molecule has 28 heteroatoms. The van der Waals surface area contributed by atoms with E-state index in [0.717, 1.165) is 93.2 Å². The first-order valence-corrected chi connectivity index (χ1v) is 49.1. The van der Waals surface area contributed by atoms with Gasteiger partial charge in [0.05, 0.1) is 54.6 Å². The first-order chi connectivity index (χ1) is 56.6. The number of aliphatic carboxylic acids is 1. The quantitative estimate of drug-likeness (QED) is 0.0165. The Bertz CT molecular complexity index is 4130. The predicted molar refractivity (Wildman–Crippen MR) is 518 cm³/mol. The molecule has 2 fully saturated rings. The number of ether oxygens (including phenoxy) is 4. The molecule has 10 heterocycles. The van der Waals surface area contributed by atoms with E-state index in [4.69, 9.17) is 42.7 Å². The number of rotatable bonds is 50. The molecule has 0 aliphatic carbocycles. The lowest BCUT2D eigenvalue weighted by Crippen LogP contribution is -2.41. The summed E-state index contributed by atoms with van der Waals surface area (Å²) in [6.07, 6.45) is 23.6. The second-order valence-electron chi connectivity index (χ2n) is 30.3. The fourth-order valence-electron chi connectivity index (χ4n) is 11.9. The molecule has 0 bridgehead atoms. The summed E-state index contributed by atoms with van der Waals surface area (Å²) < 4.78 is 52.6. The molecule has 3 amide bonds. The van der Waals surface area contributed by atoms with Crippen molar-refractivity contribution in [2.24, 2.45) is 0 Å². The standard InChI is InChI=1S/C42H52N2O4S4.C20H28B2O4S2.C17H24INO2S.C11H15IO3S/c1-5-25-43(26-6-2)41(45)15-11-9-13-29-47-31-33-17-19-35(49-33)37-21-23-39(51-37)40-24-22-38(52-40)36-20-18-34(50-36)32-48-30-14-10-12-16-42(46)44(27-7-3)28-8-4;1-17(2)18(3,4)24-21(23-17)15-11-9-13(27-15)14-10-12-16(28-14)22-25-19(5,6)20(7,8)26-22;1-3-11-19(12-4-2)17(20)8-6-5-7-13-21-14-15-9-10-16(18)22-15;12-10-6-5-9(16-10)8-15-7-3-1-2-4-11(13)14/h5-8,17-24H,1-4,9-16,25-32H2;9-12H,1-8H3;3-4,9-10H,1-2,5-8,11-14H2;5-6H,1-4,7-8H2,(H,13,14). The topological polar surface area (TPSA) is 172 Å². The molecular weight excluding hydrogens is 1860 g/mol. The van der Waals surface area contributed by atoms with E-state index < -0.39 is 5.97 Å². The highest BCUT2D eigenvalue weighted by atomic mass is 127. The summed E-state index contributed by atoms with van der Waals surface area (Å²) in [5.41, 5.74) is -1.30. The van der Waals surface area contributed by atoms with Crippen LogP contribution in [0.2, 0.25) is 0 Å². The van der Waals surface area contributed by atoms with Gasteiger partial charge < -0.3 is 57.4 Å². The van der Waals surface area contributed by atoms with Crippen molar-refractivity contribution in [2.45, 2.75) is 207 Å². The van der Waals surface area contributed by atoms with Gasteiger partial charge in [0.2, 0.25) is 17.7 Å². The zero-order valence-electron chi connectivity index (χ0n) is 70.0. The molecule has 10 rings (SSSR count). The molecule has 0 atom stereocenters. The highest BCUT2D eigenvalue weighted by molar-refractivity contribution is 14.1. The van der Waals surface area contributed by atoms with Gasteiger partial charge in [-0.05, 0) is 237 Å². The largest absolute Gasteiger partial charge is 0.505 e. The SMILES string of the molecule is C=CCN(CC=C)C(=O)CCCCCOCc1ccc(-c2ccc(-c3ccc(-c4ccc(COCCCCCC(=O)N(CC=C)CC=C)s4)s3)s2)s1.C=CCN(CC=C)C(=O)CCCCCOCc1ccc(I)s1.CC1(C)OB(c2ccc(-c3ccc(B4OC(C)(C)C(C)(C)O4)s3)s2)OC1(C)C.O=C(O)CCCCCOCc1ccc(I)s1. The number of hydrogen-bond donors (Lipinski definition) is 1. The highest BCUT2D eigenvalue weighted by Crippen LogP contribution is 2.44.